The summed E-state index contributed by atoms with van der Waals surface area (Å²) in [5, 5.41) is 3.45. The van der Waals surface area contributed by atoms with Crippen LogP contribution in [0.1, 0.15) is 36.0 Å². The van der Waals surface area contributed by atoms with E-state index < -0.39 is 0 Å². The third-order valence-electron chi connectivity index (χ3n) is 6.44. The summed E-state index contributed by atoms with van der Waals surface area (Å²) in [5.74, 6) is 0.904. The van der Waals surface area contributed by atoms with Crippen molar-refractivity contribution < 1.29 is 14.3 Å². The first kappa shape index (κ1) is 24.2. The van der Waals surface area contributed by atoms with Gasteiger partial charge in [0.15, 0.2) is 0 Å². The fraction of sp³-hybridized carbons (Fsp3) is 0.667. The van der Waals surface area contributed by atoms with Crippen molar-refractivity contribution in [2.75, 3.05) is 53.0 Å². The molecule has 3 heterocycles. The second-order valence-corrected chi connectivity index (χ2v) is 7.98. The molecule has 3 aliphatic rings. The van der Waals surface area contributed by atoms with Crippen molar-refractivity contribution in [2.24, 2.45) is 0 Å². The Balaban J connectivity index is 0.00000150. The van der Waals surface area contributed by atoms with Gasteiger partial charge in [0, 0.05) is 44.4 Å². The molecule has 0 aromatic heterocycles. The maximum Gasteiger partial charge on any atom is 0.253 e. The van der Waals surface area contributed by atoms with Gasteiger partial charge < -0.3 is 19.7 Å². The van der Waals surface area contributed by atoms with Crippen molar-refractivity contribution >= 4 is 30.7 Å². The average molecular weight is 446 g/mol. The summed E-state index contributed by atoms with van der Waals surface area (Å²) in [7, 11) is 1.64. The van der Waals surface area contributed by atoms with Gasteiger partial charge in [0.05, 0.1) is 12.7 Å². The zero-order chi connectivity index (χ0) is 18.7. The molecule has 6 nitrogen and oxygen atoms in total. The van der Waals surface area contributed by atoms with E-state index in [0.29, 0.717) is 6.04 Å². The molecule has 0 radical (unpaired) electrons. The quantitative estimate of drug-likeness (QED) is 0.774. The third-order valence-corrected chi connectivity index (χ3v) is 6.44. The van der Waals surface area contributed by atoms with E-state index in [2.05, 4.69) is 10.2 Å². The number of ether oxygens (including phenoxy) is 2. The molecule has 0 saturated carbocycles. The lowest BCUT2D eigenvalue weighted by Gasteiger charge is -2.48. The SMILES string of the molecule is COc1ccc(C(=O)N2CCN(C3CCOC4(CCNCC4)C3)CC2)cc1.Cl.Cl. The molecule has 0 bridgehead atoms. The van der Waals surface area contributed by atoms with E-state index in [-0.39, 0.29) is 36.3 Å². The highest BCUT2D eigenvalue weighted by atomic mass is 35.5. The molecule has 3 fully saturated rings. The van der Waals surface area contributed by atoms with Crippen molar-refractivity contribution in [3.05, 3.63) is 29.8 Å². The van der Waals surface area contributed by atoms with Gasteiger partial charge in [0.1, 0.15) is 5.75 Å². The summed E-state index contributed by atoms with van der Waals surface area (Å²) in [4.78, 5) is 17.3. The highest BCUT2D eigenvalue weighted by Crippen LogP contribution is 2.35. The number of benzene rings is 1. The predicted molar refractivity (Wildman–Crippen MR) is 119 cm³/mol. The van der Waals surface area contributed by atoms with Gasteiger partial charge in [0.25, 0.3) is 5.91 Å². The van der Waals surface area contributed by atoms with Gasteiger partial charge in [-0.05, 0) is 63.0 Å². The molecule has 164 valence electrons. The smallest absolute Gasteiger partial charge is 0.253 e. The third kappa shape index (κ3) is 5.56. The van der Waals surface area contributed by atoms with Crippen LogP contribution in [-0.2, 0) is 4.74 Å². The number of piperazine rings is 1. The molecule has 1 aromatic carbocycles. The molecule has 4 rings (SSSR count). The summed E-state index contributed by atoms with van der Waals surface area (Å²) in [6, 6.07) is 8.00. The van der Waals surface area contributed by atoms with Gasteiger partial charge >= 0.3 is 0 Å². The van der Waals surface area contributed by atoms with Gasteiger partial charge in [0.2, 0.25) is 0 Å². The number of amides is 1. The lowest BCUT2D eigenvalue weighted by molar-refractivity contribution is -0.123. The van der Waals surface area contributed by atoms with Crippen LogP contribution < -0.4 is 10.1 Å². The second kappa shape index (κ2) is 10.8. The minimum Gasteiger partial charge on any atom is -0.497 e. The standard InChI is InChI=1S/C21H31N3O3.2ClH/c1-26-19-4-2-17(3-5-19)20(25)24-13-11-23(12-14-24)18-6-15-27-21(16-18)7-9-22-10-8-21;;/h2-5,18,22H,6-16H2,1H3;2*1H. The Kier molecular flexibility index (Phi) is 9.04. The molecule has 1 N–H and O–H groups in total. The summed E-state index contributed by atoms with van der Waals surface area (Å²) in [5.41, 5.74) is 0.827. The number of piperidine rings is 1. The maximum atomic E-state index is 12.8. The number of methoxy groups -OCH3 is 1. The number of rotatable bonds is 3. The Morgan fingerprint density at radius 1 is 1.10 bits per heavy atom. The van der Waals surface area contributed by atoms with E-state index in [1.54, 1.807) is 7.11 Å². The predicted octanol–water partition coefficient (Wildman–Crippen LogP) is 2.60. The highest BCUT2D eigenvalue weighted by molar-refractivity contribution is 5.94. The molecular formula is C21H33Cl2N3O3. The number of carbonyl (C=O) groups is 1. The summed E-state index contributed by atoms with van der Waals surface area (Å²) < 4.78 is 11.4. The van der Waals surface area contributed by atoms with Crippen LogP contribution in [0.15, 0.2) is 24.3 Å². The summed E-state index contributed by atoms with van der Waals surface area (Å²) >= 11 is 0. The van der Waals surface area contributed by atoms with E-state index in [1.165, 1.54) is 0 Å². The first-order chi connectivity index (χ1) is 13.2. The van der Waals surface area contributed by atoms with Gasteiger partial charge in [-0.15, -0.1) is 24.8 Å². The number of hydrogen-bond acceptors (Lipinski definition) is 5. The average Bonchev–Trinajstić information content (AvgIpc) is 2.74. The molecule has 1 atom stereocenters. The largest absolute Gasteiger partial charge is 0.497 e. The van der Waals surface area contributed by atoms with Crippen LogP contribution in [0.3, 0.4) is 0 Å². The molecule has 29 heavy (non-hydrogen) atoms. The van der Waals surface area contributed by atoms with Crippen molar-refractivity contribution in [2.45, 2.75) is 37.3 Å². The van der Waals surface area contributed by atoms with Crippen LogP contribution in [0.25, 0.3) is 0 Å². The number of nitrogens with zero attached hydrogens (tertiary/aromatic N) is 2. The van der Waals surface area contributed by atoms with Crippen molar-refractivity contribution in [3.63, 3.8) is 0 Å². The molecule has 0 aliphatic carbocycles. The van der Waals surface area contributed by atoms with E-state index in [1.807, 2.05) is 29.2 Å². The highest BCUT2D eigenvalue weighted by Gasteiger charge is 2.40. The lowest BCUT2D eigenvalue weighted by Crippen LogP contribution is -2.57. The number of nitrogens with one attached hydrogen (secondary N) is 1. The fourth-order valence-electron chi connectivity index (χ4n) is 4.75. The van der Waals surface area contributed by atoms with Crippen LogP contribution in [0.5, 0.6) is 5.75 Å². The first-order valence-corrected chi connectivity index (χ1v) is 10.2. The van der Waals surface area contributed by atoms with Gasteiger partial charge in [-0.25, -0.2) is 0 Å². The van der Waals surface area contributed by atoms with Gasteiger partial charge in [-0.3, -0.25) is 9.69 Å². The van der Waals surface area contributed by atoms with E-state index in [4.69, 9.17) is 9.47 Å². The second-order valence-electron chi connectivity index (χ2n) is 7.98. The minimum atomic E-state index is 0. The number of halogens is 2. The number of hydrogen-bond donors (Lipinski definition) is 1. The minimum absolute atomic E-state index is 0. The van der Waals surface area contributed by atoms with Crippen LogP contribution in [-0.4, -0.2) is 80.3 Å². The normalized spacial score (nSPS) is 24.3. The van der Waals surface area contributed by atoms with Crippen molar-refractivity contribution in [1.82, 2.24) is 15.1 Å². The Morgan fingerprint density at radius 3 is 2.38 bits per heavy atom. The van der Waals surface area contributed by atoms with Crippen LogP contribution in [0.2, 0.25) is 0 Å². The lowest BCUT2D eigenvalue weighted by atomic mass is 9.82. The van der Waals surface area contributed by atoms with E-state index in [9.17, 15) is 4.79 Å². The Hall–Kier alpha value is -1.05. The molecule has 1 amide bonds. The Morgan fingerprint density at radius 2 is 1.76 bits per heavy atom. The molecule has 3 saturated heterocycles. The van der Waals surface area contributed by atoms with Gasteiger partial charge in [-0.2, -0.15) is 0 Å². The summed E-state index contributed by atoms with van der Waals surface area (Å²) in [6.45, 7) is 6.53. The first-order valence-electron chi connectivity index (χ1n) is 10.2. The Labute approximate surface area is 186 Å². The van der Waals surface area contributed by atoms with Crippen LogP contribution >= 0.6 is 24.8 Å². The van der Waals surface area contributed by atoms with E-state index >= 15 is 0 Å². The molecular weight excluding hydrogens is 413 g/mol. The molecule has 1 unspecified atom stereocenters. The molecule has 1 aromatic rings. The molecule has 8 heteroatoms. The molecule has 1 spiro atoms. The number of carbonyl (C=O) groups excluding carboxylic acids is 1. The van der Waals surface area contributed by atoms with Crippen LogP contribution in [0.4, 0.5) is 0 Å². The molecule has 3 aliphatic heterocycles. The fourth-order valence-corrected chi connectivity index (χ4v) is 4.75. The zero-order valence-electron chi connectivity index (χ0n) is 17.1. The van der Waals surface area contributed by atoms with Crippen molar-refractivity contribution in [3.8, 4) is 5.75 Å². The maximum absolute atomic E-state index is 12.8. The van der Waals surface area contributed by atoms with E-state index in [0.717, 1.165) is 82.9 Å². The van der Waals surface area contributed by atoms with Gasteiger partial charge in [-0.1, -0.05) is 0 Å². The van der Waals surface area contributed by atoms with Crippen molar-refractivity contribution in [1.29, 1.82) is 0 Å². The Bertz CT molecular complexity index is 640. The monoisotopic (exact) mass is 445 g/mol. The van der Waals surface area contributed by atoms with Crippen LogP contribution in [0, 0.1) is 0 Å². The topological polar surface area (TPSA) is 54.0 Å². The summed E-state index contributed by atoms with van der Waals surface area (Å²) in [6.07, 6.45) is 4.50. The zero-order valence-corrected chi connectivity index (χ0v) is 18.7.